The molecule has 3 nitrogen and oxygen atoms in total. The van der Waals surface area contributed by atoms with Gasteiger partial charge in [-0.2, -0.15) is 5.26 Å². The Bertz CT molecular complexity index is 705. The van der Waals surface area contributed by atoms with Gasteiger partial charge < -0.3 is 10.1 Å². The maximum atomic E-state index is 13.9. The van der Waals surface area contributed by atoms with E-state index in [2.05, 4.69) is 5.32 Å². The predicted octanol–water partition coefficient (Wildman–Crippen LogP) is 4.03. The van der Waals surface area contributed by atoms with Gasteiger partial charge in [-0.3, -0.25) is 0 Å². The Labute approximate surface area is 133 Å². The first-order valence-electron chi connectivity index (χ1n) is 7.48. The maximum Gasteiger partial charge on any atom is 0.150 e. The molecule has 1 N–H and O–H groups in total. The van der Waals surface area contributed by atoms with Crippen LogP contribution in [0, 0.1) is 28.9 Å². The van der Waals surface area contributed by atoms with Gasteiger partial charge in [0.15, 0.2) is 11.6 Å². The molecule has 0 aromatic heterocycles. The van der Waals surface area contributed by atoms with E-state index in [1.165, 1.54) is 0 Å². The third kappa shape index (κ3) is 3.33. The molecule has 0 saturated carbocycles. The van der Waals surface area contributed by atoms with Crippen LogP contribution in [0.3, 0.4) is 0 Å². The summed E-state index contributed by atoms with van der Waals surface area (Å²) < 4.78 is 33.6. The van der Waals surface area contributed by atoms with E-state index < -0.39 is 11.6 Å². The molecule has 1 fully saturated rings. The molecule has 1 aliphatic rings. The van der Waals surface area contributed by atoms with Crippen molar-refractivity contribution < 1.29 is 13.5 Å². The van der Waals surface area contributed by atoms with Gasteiger partial charge in [-0.25, -0.2) is 8.78 Å². The molecule has 2 unspecified atom stereocenters. The van der Waals surface area contributed by atoms with E-state index in [1.54, 1.807) is 6.07 Å². The summed E-state index contributed by atoms with van der Waals surface area (Å²) in [6, 6.07) is 13.6. The molecular weight excluding hydrogens is 298 g/mol. The topological polar surface area (TPSA) is 45.0 Å². The standard InChI is InChI=1S/C18H16F2N2O/c19-15-8-12(10-21)9-16(20)17(15)22-11-14-6-7-23-18(14)13-4-2-1-3-5-13/h1-5,8-9,14,18,22H,6-7,11H2. The van der Waals surface area contributed by atoms with E-state index in [-0.39, 0.29) is 23.3 Å². The molecule has 0 amide bonds. The first kappa shape index (κ1) is 15.4. The Morgan fingerprint density at radius 2 is 1.87 bits per heavy atom. The van der Waals surface area contributed by atoms with Crippen molar-refractivity contribution in [3.8, 4) is 6.07 Å². The summed E-state index contributed by atoms with van der Waals surface area (Å²) >= 11 is 0. The summed E-state index contributed by atoms with van der Waals surface area (Å²) in [6.07, 6.45) is 0.750. The zero-order valence-electron chi connectivity index (χ0n) is 12.4. The van der Waals surface area contributed by atoms with Gasteiger partial charge in [-0.15, -0.1) is 0 Å². The average molecular weight is 314 g/mol. The van der Waals surface area contributed by atoms with Crippen LogP contribution in [-0.4, -0.2) is 13.2 Å². The number of rotatable bonds is 4. The molecule has 2 atom stereocenters. The Hall–Kier alpha value is -2.45. The fourth-order valence-corrected chi connectivity index (χ4v) is 2.89. The summed E-state index contributed by atoms with van der Waals surface area (Å²) in [6.45, 7) is 1.03. The number of halogens is 2. The Morgan fingerprint density at radius 3 is 2.52 bits per heavy atom. The van der Waals surface area contributed by atoms with Gasteiger partial charge in [-0.1, -0.05) is 30.3 Å². The highest BCUT2D eigenvalue weighted by Crippen LogP contribution is 2.35. The van der Waals surface area contributed by atoms with Crippen LogP contribution < -0.4 is 5.32 Å². The number of hydrogen-bond donors (Lipinski definition) is 1. The van der Waals surface area contributed by atoms with E-state index in [0.717, 1.165) is 24.1 Å². The molecule has 1 aliphatic heterocycles. The van der Waals surface area contributed by atoms with E-state index >= 15 is 0 Å². The summed E-state index contributed by atoms with van der Waals surface area (Å²) in [4.78, 5) is 0. The molecule has 1 heterocycles. The lowest BCUT2D eigenvalue weighted by molar-refractivity contribution is 0.0933. The van der Waals surface area contributed by atoms with Crippen molar-refractivity contribution >= 4 is 5.69 Å². The van der Waals surface area contributed by atoms with Gasteiger partial charge in [0.05, 0.1) is 17.7 Å². The van der Waals surface area contributed by atoms with Gasteiger partial charge in [0.1, 0.15) is 5.69 Å². The monoisotopic (exact) mass is 314 g/mol. The molecule has 0 radical (unpaired) electrons. The first-order valence-corrected chi connectivity index (χ1v) is 7.48. The van der Waals surface area contributed by atoms with Crippen LogP contribution in [0.25, 0.3) is 0 Å². The van der Waals surface area contributed by atoms with Crippen molar-refractivity contribution in [1.29, 1.82) is 5.26 Å². The molecule has 118 valence electrons. The highest BCUT2D eigenvalue weighted by Gasteiger charge is 2.29. The maximum absolute atomic E-state index is 13.9. The fourth-order valence-electron chi connectivity index (χ4n) is 2.89. The van der Waals surface area contributed by atoms with Crippen molar-refractivity contribution in [3.05, 3.63) is 65.2 Å². The zero-order chi connectivity index (χ0) is 16.2. The summed E-state index contributed by atoms with van der Waals surface area (Å²) in [5, 5.41) is 11.6. The van der Waals surface area contributed by atoms with Crippen molar-refractivity contribution in [3.63, 3.8) is 0 Å². The highest BCUT2D eigenvalue weighted by molar-refractivity contribution is 5.50. The van der Waals surface area contributed by atoms with Gasteiger partial charge in [0, 0.05) is 19.1 Å². The number of nitrogens with zero attached hydrogens (tertiary/aromatic N) is 1. The van der Waals surface area contributed by atoms with Crippen molar-refractivity contribution in [2.45, 2.75) is 12.5 Å². The molecule has 5 heteroatoms. The second kappa shape index (κ2) is 6.76. The molecule has 2 aromatic carbocycles. The summed E-state index contributed by atoms with van der Waals surface area (Å²) in [5.41, 5.74) is 0.845. The van der Waals surface area contributed by atoms with Crippen LogP contribution in [0.15, 0.2) is 42.5 Å². The fraction of sp³-hybridized carbons (Fsp3) is 0.278. The number of nitriles is 1. The Kier molecular flexibility index (Phi) is 4.54. The lowest BCUT2D eigenvalue weighted by atomic mass is 9.95. The van der Waals surface area contributed by atoms with Crippen molar-refractivity contribution in [1.82, 2.24) is 0 Å². The predicted molar refractivity (Wildman–Crippen MR) is 82.8 cm³/mol. The number of hydrogen-bond acceptors (Lipinski definition) is 3. The smallest absolute Gasteiger partial charge is 0.150 e. The minimum Gasteiger partial charge on any atom is -0.380 e. The minimum atomic E-state index is -0.753. The third-order valence-corrected chi connectivity index (χ3v) is 4.05. The number of ether oxygens (including phenoxy) is 1. The van der Waals surface area contributed by atoms with E-state index in [9.17, 15) is 8.78 Å². The van der Waals surface area contributed by atoms with Crippen molar-refractivity contribution in [2.75, 3.05) is 18.5 Å². The largest absolute Gasteiger partial charge is 0.380 e. The molecular formula is C18H16F2N2O. The van der Waals surface area contributed by atoms with Gasteiger partial charge >= 0.3 is 0 Å². The van der Waals surface area contributed by atoms with Gasteiger partial charge in [0.2, 0.25) is 0 Å². The second-order valence-electron chi connectivity index (χ2n) is 5.56. The molecule has 0 bridgehead atoms. The van der Waals surface area contributed by atoms with Crippen LogP contribution in [-0.2, 0) is 4.74 Å². The molecule has 1 saturated heterocycles. The minimum absolute atomic E-state index is 0.0306. The highest BCUT2D eigenvalue weighted by atomic mass is 19.1. The molecule has 3 rings (SSSR count). The van der Waals surface area contributed by atoms with Crippen LogP contribution >= 0.6 is 0 Å². The quantitative estimate of drug-likeness (QED) is 0.927. The van der Waals surface area contributed by atoms with Crippen LogP contribution in [0.5, 0.6) is 0 Å². The molecule has 2 aromatic rings. The molecule has 23 heavy (non-hydrogen) atoms. The van der Waals surface area contributed by atoms with Crippen LogP contribution in [0.2, 0.25) is 0 Å². The summed E-state index contributed by atoms with van der Waals surface area (Å²) in [7, 11) is 0. The summed E-state index contributed by atoms with van der Waals surface area (Å²) in [5.74, 6) is -1.37. The van der Waals surface area contributed by atoms with Crippen molar-refractivity contribution in [2.24, 2.45) is 5.92 Å². The van der Waals surface area contributed by atoms with Crippen LogP contribution in [0.1, 0.15) is 23.7 Å². The molecule has 0 spiro atoms. The number of nitrogens with one attached hydrogen (secondary N) is 1. The Morgan fingerprint density at radius 1 is 1.17 bits per heavy atom. The third-order valence-electron chi connectivity index (χ3n) is 4.05. The average Bonchev–Trinajstić information content (AvgIpc) is 3.03. The lowest BCUT2D eigenvalue weighted by Crippen LogP contribution is -2.19. The SMILES string of the molecule is N#Cc1cc(F)c(NCC2CCOC2c2ccccc2)c(F)c1. The van der Waals surface area contributed by atoms with E-state index in [4.69, 9.17) is 10.00 Å². The van der Waals surface area contributed by atoms with E-state index in [1.807, 2.05) is 30.3 Å². The van der Waals surface area contributed by atoms with E-state index in [0.29, 0.717) is 13.2 Å². The zero-order valence-corrected chi connectivity index (χ0v) is 12.4. The van der Waals surface area contributed by atoms with Gasteiger partial charge in [0.25, 0.3) is 0 Å². The van der Waals surface area contributed by atoms with Gasteiger partial charge in [-0.05, 0) is 24.1 Å². The number of benzene rings is 2. The van der Waals surface area contributed by atoms with Crippen LogP contribution in [0.4, 0.5) is 14.5 Å². The Balaban J connectivity index is 1.72. The molecule has 0 aliphatic carbocycles. The number of anilines is 1. The normalized spacial score (nSPS) is 20.2. The first-order chi connectivity index (χ1) is 11.2. The second-order valence-corrected chi connectivity index (χ2v) is 5.56. The lowest BCUT2D eigenvalue weighted by Gasteiger charge is -2.20.